The van der Waals surface area contributed by atoms with Crippen molar-refractivity contribution in [3.63, 3.8) is 0 Å². The first kappa shape index (κ1) is 27.1. The number of nitrogens with zero attached hydrogens (tertiary/aromatic N) is 1. The first-order valence-electron chi connectivity index (χ1n) is 13.8. The van der Waals surface area contributed by atoms with E-state index in [2.05, 4.69) is 100 Å². The molecule has 1 atom stereocenters. The summed E-state index contributed by atoms with van der Waals surface area (Å²) in [6.07, 6.45) is 5.47. The van der Waals surface area contributed by atoms with E-state index in [4.69, 9.17) is 4.43 Å². The van der Waals surface area contributed by atoms with Crippen LogP contribution in [0.4, 0.5) is 0 Å². The van der Waals surface area contributed by atoms with Gasteiger partial charge < -0.3 is 14.4 Å². The fourth-order valence-corrected chi connectivity index (χ4v) is 11.0. The minimum Gasteiger partial charge on any atom is -0.407 e. The highest BCUT2D eigenvalue weighted by atomic mass is 28.4. The average Bonchev–Trinajstić information content (AvgIpc) is 3.06. The van der Waals surface area contributed by atoms with Crippen molar-refractivity contribution in [1.29, 1.82) is 0 Å². The van der Waals surface area contributed by atoms with Crippen LogP contribution < -0.4 is 10.4 Å². The lowest BCUT2D eigenvalue weighted by Gasteiger charge is -2.44. The molecule has 1 N–H and O–H groups in total. The van der Waals surface area contributed by atoms with Gasteiger partial charge >= 0.3 is 0 Å². The third-order valence-corrected chi connectivity index (χ3v) is 13.8. The average molecular weight is 508 g/mol. The van der Waals surface area contributed by atoms with Crippen molar-refractivity contribution in [1.82, 2.24) is 4.90 Å². The molecule has 1 saturated carbocycles. The number of carbonyl (C=O) groups excluding carboxylic acids is 1. The highest BCUT2D eigenvalue weighted by molar-refractivity contribution is 6.99. The van der Waals surface area contributed by atoms with Gasteiger partial charge in [0.1, 0.15) is 0 Å². The quantitative estimate of drug-likeness (QED) is 0.552. The number of aliphatic hydroxyl groups excluding tert-OH is 1. The molecule has 5 heteroatoms. The topological polar surface area (TPSA) is 49.8 Å². The van der Waals surface area contributed by atoms with Crippen molar-refractivity contribution in [3.8, 4) is 0 Å². The summed E-state index contributed by atoms with van der Waals surface area (Å²) >= 11 is 0. The molecule has 1 aliphatic heterocycles. The summed E-state index contributed by atoms with van der Waals surface area (Å²) in [5.74, 6) is 0.410. The highest BCUT2D eigenvalue weighted by Gasteiger charge is 2.53. The number of hydrogen-bond acceptors (Lipinski definition) is 3. The number of benzene rings is 2. The van der Waals surface area contributed by atoms with E-state index in [1.165, 1.54) is 10.4 Å². The van der Waals surface area contributed by atoms with Crippen molar-refractivity contribution in [2.24, 2.45) is 11.3 Å². The molecular formula is C31H45NO3Si. The summed E-state index contributed by atoms with van der Waals surface area (Å²) < 4.78 is 7.26. The fraction of sp³-hybridized carbons (Fsp3) is 0.581. The van der Waals surface area contributed by atoms with Crippen LogP contribution in [0.1, 0.15) is 73.1 Å². The molecule has 0 radical (unpaired) electrons. The molecule has 0 spiro atoms. The van der Waals surface area contributed by atoms with Gasteiger partial charge in [0.25, 0.3) is 8.32 Å². The lowest BCUT2D eigenvalue weighted by molar-refractivity contribution is -0.137. The Morgan fingerprint density at radius 3 is 1.89 bits per heavy atom. The second-order valence-electron chi connectivity index (χ2n) is 12.5. The summed E-state index contributed by atoms with van der Waals surface area (Å²) in [6.45, 7) is 12.5. The molecule has 1 amide bonds. The molecular weight excluding hydrogens is 462 g/mol. The van der Waals surface area contributed by atoms with Crippen LogP contribution in [0.25, 0.3) is 0 Å². The Kier molecular flexibility index (Phi) is 8.13. The Morgan fingerprint density at radius 1 is 0.917 bits per heavy atom. The van der Waals surface area contributed by atoms with Crippen LogP contribution in [0.5, 0.6) is 0 Å². The van der Waals surface area contributed by atoms with Crippen molar-refractivity contribution in [2.45, 2.75) is 90.3 Å². The van der Waals surface area contributed by atoms with Crippen LogP contribution in [0.3, 0.4) is 0 Å². The number of amides is 1. The molecule has 2 aromatic carbocycles. The zero-order chi connectivity index (χ0) is 26.0. The maximum atomic E-state index is 13.7. The summed E-state index contributed by atoms with van der Waals surface area (Å²) in [4.78, 5) is 15.9. The molecule has 0 bridgehead atoms. The van der Waals surface area contributed by atoms with Crippen molar-refractivity contribution in [3.05, 3.63) is 60.7 Å². The van der Waals surface area contributed by atoms with Crippen molar-refractivity contribution >= 4 is 24.6 Å². The lowest BCUT2D eigenvalue weighted by atomic mass is 9.82. The Balaban J connectivity index is 1.62. The number of hydrogen-bond donors (Lipinski definition) is 1. The zero-order valence-electron chi connectivity index (χ0n) is 22.9. The van der Waals surface area contributed by atoms with Crippen LogP contribution >= 0.6 is 0 Å². The van der Waals surface area contributed by atoms with E-state index in [-0.39, 0.29) is 29.0 Å². The molecule has 2 fully saturated rings. The van der Waals surface area contributed by atoms with E-state index < -0.39 is 13.7 Å². The van der Waals surface area contributed by atoms with Gasteiger partial charge in [0.2, 0.25) is 5.91 Å². The maximum Gasteiger partial charge on any atom is 0.261 e. The molecule has 0 aromatic heterocycles. The third kappa shape index (κ3) is 5.20. The number of aliphatic hydroxyl groups is 1. The summed E-state index contributed by atoms with van der Waals surface area (Å²) in [7, 11) is -2.64. The molecule has 196 valence electrons. The molecule has 4 nitrogen and oxygen atoms in total. The summed E-state index contributed by atoms with van der Waals surface area (Å²) in [5.41, 5.74) is -0.451. The number of rotatable bonds is 6. The summed E-state index contributed by atoms with van der Waals surface area (Å²) in [5, 5.41) is 12.5. The van der Waals surface area contributed by atoms with E-state index in [0.717, 1.165) is 45.1 Å². The predicted molar refractivity (Wildman–Crippen MR) is 150 cm³/mol. The smallest absolute Gasteiger partial charge is 0.261 e. The van der Waals surface area contributed by atoms with E-state index in [9.17, 15) is 9.90 Å². The van der Waals surface area contributed by atoms with Gasteiger partial charge in [-0.05, 0) is 53.9 Å². The minimum absolute atomic E-state index is 0.0808. The van der Waals surface area contributed by atoms with Crippen LogP contribution in [0, 0.1) is 11.3 Å². The van der Waals surface area contributed by atoms with E-state index in [1.54, 1.807) is 0 Å². The Labute approximate surface area is 219 Å². The molecule has 2 aromatic rings. The second kappa shape index (κ2) is 10.8. The van der Waals surface area contributed by atoms with Gasteiger partial charge in [-0.2, -0.15) is 0 Å². The Bertz CT molecular complexity index is 952. The van der Waals surface area contributed by atoms with Crippen LogP contribution in [-0.4, -0.2) is 49.5 Å². The molecule has 36 heavy (non-hydrogen) atoms. The SMILES string of the molecule is CC1(C)C(=O)N(C2CCCC(O)CCC2)CC1CO[Si](c1ccccc1)(c1ccccc1)C(C)(C)C. The number of carbonyl (C=O) groups is 1. The normalized spacial score (nSPS) is 25.4. The number of likely N-dealkylation sites (tertiary alicyclic amines) is 1. The first-order valence-corrected chi connectivity index (χ1v) is 15.7. The summed E-state index contributed by atoms with van der Waals surface area (Å²) in [6, 6.07) is 21.8. The predicted octanol–water partition coefficient (Wildman–Crippen LogP) is 5.13. The molecule has 4 rings (SSSR count). The van der Waals surface area contributed by atoms with E-state index in [1.807, 2.05) is 0 Å². The van der Waals surface area contributed by atoms with Crippen LogP contribution in [0.15, 0.2) is 60.7 Å². The van der Waals surface area contributed by atoms with Gasteiger partial charge in [-0.15, -0.1) is 0 Å². The highest BCUT2D eigenvalue weighted by Crippen LogP contribution is 2.42. The van der Waals surface area contributed by atoms with Gasteiger partial charge in [0.05, 0.1) is 11.5 Å². The monoisotopic (exact) mass is 507 g/mol. The van der Waals surface area contributed by atoms with Crippen molar-refractivity contribution < 1.29 is 14.3 Å². The minimum atomic E-state index is -2.64. The van der Waals surface area contributed by atoms with E-state index in [0.29, 0.717) is 6.61 Å². The second-order valence-corrected chi connectivity index (χ2v) is 16.8. The third-order valence-electron chi connectivity index (χ3n) is 8.76. The molecule has 1 aliphatic carbocycles. The molecule has 1 unspecified atom stereocenters. The largest absolute Gasteiger partial charge is 0.407 e. The van der Waals surface area contributed by atoms with Gasteiger partial charge in [-0.1, -0.05) is 95.3 Å². The van der Waals surface area contributed by atoms with Gasteiger partial charge in [-0.3, -0.25) is 4.79 Å². The Hall–Kier alpha value is -1.95. The lowest BCUT2D eigenvalue weighted by Crippen LogP contribution is -2.67. The molecule has 1 saturated heterocycles. The maximum absolute atomic E-state index is 13.7. The van der Waals surface area contributed by atoms with Gasteiger partial charge in [0.15, 0.2) is 0 Å². The zero-order valence-corrected chi connectivity index (χ0v) is 23.9. The van der Waals surface area contributed by atoms with Crippen LogP contribution in [-0.2, 0) is 9.22 Å². The fourth-order valence-electron chi connectivity index (χ4n) is 6.43. The molecule has 2 aliphatic rings. The first-order chi connectivity index (χ1) is 17.1. The van der Waals surface area contributed by atoms with Gasteiger partial charge in [0, 0.05) is 25.1 Å². The van der Waals surface area contributed by atoms with Gasteiger partial charge in [-0.25, -0.2) is 0 Å². The van der Waals surface area contributed by atoms with Crippen LogP contribution in [0.2, 0.25) is 5.04 Å². The van der Waals surface area contributed by atoms with Crippen molar-refractivity contribution in [2.75, 3.05) is 13.2 Å². The molecule has 1 heterocycles. The Morgan fingerprint density at radius 2 is 1.42 bits per heavy atom. The van der Waals surface area contributed by atoms with E-state index >= 15 is 0 Å². The standard InChI is InChI=1S/C31H45NO3Si/c1-30(2,3)36(27-18-8-6-9-19-27,28-20-10-7-11-21-28)35-23-24-22-32(29(34)31(24,4)5)25-14-12-16-26(33)17-13-15-25/h6-11,18-21,24-26,33H,12-17,22-23H2,1-5H3.